The Morgan fingerprint density at radius 3 is 2.30 bits per heavy atom. The molecule has 0 atom stereocenters. The molecule has 0 fully saturated rings. The van der Waals surface area contributed by atoms with Crippen molar-refractivity contribution in [3.63, 3.8) is 0 Å². The van der Waals surface area contributed by atoms with Gasteiger partial charge in [0, 0.05) is 36.8 Å². The van der Waals surface area contributed by atoms with E-state index in [0.29, 0.717) is 23.1 Å². The second-order valence-electron chi connectivity index (χ2n) is 8.61. The molecule has 3 rings (SSSR count). The Labute approximate surface area is 229 Å². The minimum absolute atomic E-state index is 0.0310. The minimum atomic E-state index is -4.74. The van der Waals surface area contributed by atoms with E-state index in [-0.39, 0.29) is 42.7 Å². The van der Waals surface area contributed by atoms with Gasteiger partial charge in [0.2, 0.25) is 11.9 Å². The van der Waals surface area contributed by atoms with Gasteiger partial charge in [-0.1, -0.05) is 12.1 Å². The summed E-state index contributed by atoms with van der Waals surface area (Å²) < 4.78 is 90.7. The maximum Gasteiger partial charge on any atom is 0.421 e. The van der Waals surface area contributed by atoms with E-state index in [4.69, 9.17) is 0 Å². The van der Waals surface area contributed by atoms with Gasteiger partial charge in [0.25, 0.3) is 10.1 Å². The largest absolute Gasteiger partial charge is 0.421 e. The molecule has 1 aromatic heterocycles. The zero-order valence-electron chi connectivity index (χ0n) is 21.3. The quantitative estimate of drug-likeness (QED) is 0.205. The van der Waals surface area contributed by atoms with Crippen LogP contribution in [-0.2, 0) is 41.7 Å². The third-order valence-corrected chi connectivity index (χ3v) is 6.86. The predicted molar refractivity (Wildman–Crippen MR) is 142 cm³/mol. The summed E-state index contributed by atoms with van der Waals surface area (Å²) in [5.41, 5.74) is 0.194. The van der Waals surface area contributed by atoms with Crippen molar-refractivity contribution >= 4 is 49.0 Å². The normalized spacial score (nSPS) is 12.1. The molecule has 2 aromatic carbocycles. The number of aromatic nitrogens is 2. The Morgan fingerprint density at radius 2 is 1.68 bits per heavy atom. The minimum Gasteiger partial charge on any atom is -0.365 e. The molecule has 16 heteroatoms. The highest BCUT2D eigenvalue weighted by Crippen LogP contribution is 2.34. The number of nitrogens with one attached hydrogen (secondary N) is 3. The number of amides is 1. The smallest absolute Gasteiger partial charge is 0.365 e. The van der Waals surface area contributed by atoms with Gasteiger partial charge in [0.05, 0.1) is 17.8 Å². The molecular formula is C24H26F3N5O6S2. The Bertz CT molecular complexity index is 1560. The SMILES string of the molecule is CS(=O)(=O)OCCCC(=O)Nc1ccc(Nc2ncc(C(F)(F)F)c(NCc3cccc(S(C)(=O)=O)c3)n2)cc1. The van der Waals surface area contributed by atoms with Crippen LogP contribution in [-0.4, -0.2) is 51.8 Å². The first-order chi connectivity index (χ1) is 18.6. The van der Waals surface area contributed by atoms with Gasteiger partial charge in [-0.2, -0.15) is 26.6 Å². The third kappa shape index (κ3) is 9.77. The Kier molecular flexibility index (Phi) is 9.70. The van der Waals surface area contributed by atoms with Crippen LogP contribution in [0.1, 0.15) is 24.0 Å². The van der Waals surface area contributed by atoms with Gasteiger partial charge < -0.3 is 16.0 Å². The van der Waals surface area contributed by atoms with Gasteiger partial charge >= 0.3 is 6.18 Å². The van der Waals surface area contributed by atoms with Crippen LogP contribution in [0.25, 0.3) is 0 Å². The second-order valence-corrected chi connectivity index (χ2v) is 12.3. The van der Waals surface area contributed by atoms with E-state index in [1.54, 1.807) is 30.3 Å². The lowest BCUT2D eigenvalue weighted by molar-refractivity contribution is -0.137. The van der Waals surface area contributed by atoms with Gasteiger partial charge in [-0.15, -0.1) is 0 Å². The molecule has 0 aliphatic heterocycles. The van der Waals surface area contributed by atoms with Crippen LogP contribution < -0.4 is 16.0 Å². The monoisotopic (exact) mass is 601 g/mol. The molecule has 0 bridgehead atoms. The first-order valence-electron chi connectivity index (χ1n) is 11.6. The van der Waals surface area contributed by atoms with E-state index in [0.717, 1.165) is 12.5 Å². The summed E-state index contributed by atoms with van der Waals surface area (Å²) in [6.45, 7) is -0.246. The van der Waals surface area contributed by atoms with Crippen LogP contribution in [0, 0.1) is 0 Å². The van der Waals surface area contributed by atoms with E-state index in [1.807, 2.05) is 0 Å². The summed E-state index contributed by atoms with van der Waals surface area (Å²) in [4.78, 5) is 19.8. The standard InChI is InChI=1S/C24H26F3N5O6S2/c1-39(34,35)19-6-3-5-16(13-19)14-28-22-20(24(25,26)27)15-29-23(32-22)31-18-10-8-17(9-11-18)30-21(33)7-4-12-38-40(2,36)37/h3,5-6,8-11,13,15H,4,7,12,14H2,1-2H3,(H,30,33)(H2,28,29,31,32). The van der Waals surface area contributed by atoms with E-state index in [1.165, 1.54) is 18.2 Å². The van der Waals surface area contributed by atoms with Gasteiger partial charge in [-0.05, 0) is 48.4 Å². The summed E-state index contributed by atoms with van der Waals surface area (Å²) in [5, 5.41) is 8.03. The van der Waals surface area contributed by atoms with Gasteiger partial charge in [-0.3, -0.25) is 8.98 Å². The number of hydrogen-bond acceptors (Lipinski definition) is 10. The third-order valence-electron chi connectivity index (χ3n) is 5.15. The molecule has 1 amide bonds. The average Bonchev–Trinajstić information content (AvgIpc) is 2.85. The van der Waals surface area contributed by atoms with Gasteiger partial charge in [-0.25, -0.2) is 13.4 Å². The summed E-state index contributed by atoms with van der Waals surface area (Å²) in [6.07, 6.45) is -1.94. The molecule has 3 N–H and O–H groups in total. The van der Waals surface area contributed by atoms with Gasteiger partial charge in [0.1, 0.15) is 11.4 Å². The van der Waals surface area contributed by atoms with Crippen LogP contribution in [0.3, 0.4) is 0 Å². The fourth-order valence-corrected chi connectivity index (χ4v) is 4.40. The van der Waals surface area contributed by atoms with Crippen molar-refractivity contribution in [1.82, 2.24) is 9.97 Å². The molecule has 0 aliphatic carbocycles. The van der Waals surface area contributed by atoms with Crippen molar-refractivity contribution in [2.24, 2.45) is 0 Å². The fraction of sp³-hybridized carbons (Fsp3) is 0.292. The van der Waals surface area contributed by atoms with Crippen LogP contribution in [0.15, 0.2) is 59.6 Å². The second kappa shape index (κ2) is 12.6. The Morgan fingerprint density at radius 1 is 1.00 bits per heavy atom. The van der Waals surface area contributed by atoms with E-state index < -0.39 is 37.5 Å². The van der Waals surface area contributed by atoms with E-state index in [9.17, 15) is 34.8 Å². The number of alkyl halides is 3. The molecule has 0 aliphatic rings. The maximum atomic E-state index is 13.6. The Hall–Kier alpha value is -3.76. The highest BCUT2D eigenvalue weighted by Gasteiger charge is 2.35. The van der Waals surface area contributed by atoms with Crippen LogP contribution in [0.5, 0.6) is 0 Å². The molecule has 40 heavy (non-hydrogen) atoms. The van der Waals surface area contributed by atoms with Crippen LogP contribution in [0.4, 0.5) is 36.3 Å². The van der Waals surface area contributed by atoms with Crippen molar-refractivity contribution in [2.45, 2.75) is 30.5 Å². The molecule has 11 nitrogen and oxygen atoms in total. The number of rotatable bonds is 12. The number of carbonyl (C=O) groups is 1. The number of sulfone groups is 1. The summed E-state index contributed by atoms with van der Waals surface area (Å²) in [5.74, 6) is -0.997. The molecule has 0 saturated carbocycles. The van der Waals surface area contributed by atoms with Crippen LogP contribution in [0.2, 0.25) is 0 Å². The summed E-state index contributed by atoms with van der Waals surface area (Å²) in [6, 6.07) is 12.0. The van der Waals surface area contributed by atoms with Gasteiger partial charge in [0.15, 0.2) is 9.84 Å². The highest BCUT2D eigenvalue weighted by atomic mass is 32.2. The molecule has 1 heterocycles. The van der Waals surface area contributed by atoms with Crippen molar-refractivity contribution in [3.8, 4) is 0 Å². The van der Waals surface area contributed by atoms with Crippen LogP contribution >= 0.6 is 0 Å². The number of halogens is 3. The number of hydrogen-bond donors (Lipinski definition) is 3. The number of nitrogens with zero attached hydrogens (tertiary/aromatic N) is 2. The first kappa shape index (κ1) is 30.8. The van der Waals surface area contributed by atoms with Crippen molar-refractivity contribution < 1.29 is 39.0 Å². The molecular weight excluding hydrogens is 575 g/mol. The number of carbonyl (C=O) groups excluding carboxylic acids is 1. The first-order valence-corrected chi connectivity index (χ1v) is 15.3. The summed E-state index contributed by atoms with van der Waals surface area (Å²) >= 11 is 0. The molecule has 0 saturated heterocycles. The van der Waals surface area contributed by atoms with E-state index >= 15 is 0 Å². The highest BCUT2D eigenvalue weighted by molar-refractivity contribution is 7.90. The zero-order chi connectivity index (χ0) is 29.6. The average molecular weight is 602 g/mol. The number of anilines is 4. The topological polar surface area (TPSA) is 156 Å². The van der Waals surface area contributed by atoms with E-state index in [2.05, 4.69) is 30.1 Å². The van der Waals surface area contributed by atoms with Crippen molar-refractivity contribution in [2.75, 3.05) is 35.1 Å². The van der Waals surface area contributed by atoms with Crippen molar-refractivity contribution in [1.29, 1.82) is 0 Å². The predicted octanol–water partition coefficient (Wildman–Crippen LogP) is 3.95. The lowest BCUT2D eigenvalue weighted by atomic mass is 10.2. The molecule has 0 radical (unpaired) electrons. The molecule has 216 valence electrons. The molecule has 0 spiro atoms. The lowest BCUT2D eigenvalue weighted by Gasteiger charge is -2.15. The summed E-state index contributed by atoms with van der Waals surface area (Å²) in [7, 11) is -7.07. The molecule has 0 unspecified atom stereocenters. The lowest BCUT2D eigenvalue weighted by Crippen LogP contribution is -2.14. The maximum absolute atomic E-state index is 13.6. The molecule has 3 aromatic rings. The zero-order valence-corrected chi connectivity index (χ0v) is 23.0. The Balaban J connectivity index is 1.66. The number of benzene rings is 2. The fourth-order valence-electron chi connectivity index (χ4n) is 3.29. The van der Waals surface area contributed by atoms with Crippen molar-refractivity contribution in [3.05, 3.63) is 65.9 Å².